The highest BCUT2D eigenvalue weighted by Gasteiger charge is 2.38. The first-order valence-electron chi connectivity index (χ1n) is 9.27. The van der Waals surface area contributed by atoms with Gasteiger partial charge in [0.05, 0.1) is 0 Å². The molecule has 0 bridgehead atoms. The lowest BCUT2D eigenvalue weighted by Crippen LogP contribution is -2.61. The van der Waals surface area contributed by atoms with Gasteiger partial charge < -0.3 is 10.2 Å². The number of benzene rings is 1. The Bertz CT molecular complexity index is 563. The number of piperazine rings is 1. The molecule has 1 aromatic carbocycles. The zero-order chi connectivity index (χ0) is 17.2. The first-order valence-corrected chi connectivity index (χ1v) is 9.27. The molecule has 2 heterocycles. The van der Waals surface area contributed by atoms with Crippen LogP contribution in [0.4, 0.5) is 0 Å². The molecule has 0 radical (unpaired) electrons. The second-order valence-corrected chi connectivity index (χ2v) is 8.06. The van der Waals surface area contributed by atoms with E-state index >= 15 is 0 Å². The summed E-state index contributed by atoms with van der Waals surface area (Å²) in [6.07, 6.45) is 1.96. The van der Waals surface area contributed by atoms with Gasteiger partial charge in [0.15, 0.2) is 0 Å². The van der Waals surface area contributed by atoms with Gasteiger partial charge in [-0.15, -0.1) is 12.4 Å². The first kappa shape index (κ1) is 20.2. The second kappa shape index (κ2) is 8.52. The molecular weight excluding hydrogens is 334 g/mol. The molecule has 0 aliphatic carbocycles. The third kappa shape index (κ3) is 4.96. The Balaban J connectivity index is 0.00000225. The summed E-state index contributed by atoms with van der Waals surface area (Å²) in [7, 11) is 0. The van der Waals surface area contributed by atoms with Crippen LogP contribution in [0.2, 0.25) is 0 Å². The summed E-state index contributed by atoms with van der Waals surface area (Å²) in [5.41, 5.74) is 1.36. The maximum atomic E-state index is 12.9. The average Bonchev–Trinajstić information content (AvgIpc) is 2.57. The lowest BCUT2D eigenvalue weighted by atomic mass is 9.90. The maximum absolute atomic E-state index is 12.9. The number of piperidine rings is 1. The van der Waals surface area contributed by atoms with Gasteiger partial charge in [0.2, 0.25) is 5.91 Å². The topological polar surface area (TPSA) is 35.6 Å². The van der Waals surface area contributed by atoms with Gasteiger partial charge >= 0.3 is 0 Å². The van der Waals surface area contributed by atoms with E-state index in [4.69, 9.17) is 0 Å². The summed E-state index contributed by atoms with van der Waals surface area (Å²) < 4.78 is 0. The molecule has 0 unspecified atom stereocenters. The highest BCUT2D eigenvalue weighted by Crippen LogP contribution is 2.26. The predicted octanol–water partition coefficient (Wildman–Crippen LogP) is 2.92. The summed E-state index contributed by atoms with van der Waals surface area (Å²) >= 11 is 0. The third-order valence-corrected chi connectivity index (χ3v) is 5.57. The summed E-state index contributed by atoms with van der Waals surface area (Å²) in [5, 5.41) is 3.44. The number of nitrogens with one attached hydrogen (secondary N) is 1. The monoisotopic (exact) mass is 365 g/mol. The Morgan fingerprint density at radius 1 is 1.24 bits per heavy atom. The SMILES string of the molecule is C[C@H]1C[C@@H](C(=O)N2CCN(Cc3ccccc3)C(C)(C)C2)CCN1.Cl. The summed E-state index contributed by atoms with van der Waals surface area (Å²) in [5.74, 6) is 0.577. The Labute approximate surface area is 158 Å². The van der Waals surface area contributed by atoms with Crippen molar-refractivity contribution in [2.24, 2.45) is 5.92 Å². The number of amides is 1. The second-order valence-electron chi connectivity index (χ2n) is 8.06. The standard InChI is InChI=1S/C20H31N3O.ClH/c1-16-13-18(9-10-21-16)19(24)22-11-12-23(20(2,3)15-22)14-17-7-5-4-6-8-17;/h4-8,16,18,21H,9-15H2,1-3H3;1H/t16-,18-;/m0./s1. The van der Waals surface area contributed by atoms with Crippen molar-refractivity contribution < 1.29 is 4.79 Å². The van der Waals surface area contributed by atoms with Gasteiger partial charge in [0.1, 0.15) is 0 Å². The van der Waals surface area contributed by atoms with E-state index in [1.165, 1.54) is 5.56 Å². The lowest BCUT2D eigenvalue weighted by Gasteiger charge is -2.48. The molecule has 1 aromatic rings. The molecule has 2 atom stereocenters. The van der Waals surface area contributed by atoms with E-state index in [1.54, 1.807) is 0 Å². The minimum absolute atomic E-state index is 0. The van der Waals surface area contributed by atoms with Gasteiger partial charge in [-0.25, -0.2) is 0 Å². The van der Waals surface area contributed by atoms with Gasteiger partial charge in [-0.2, -0.15) is 0 Å². The molecule has 25 heavy (non-hydrogen) atoms. The Hall–Kier alpha value is -1.10. The van der Waals surface area contributed by atoms with Crippen molar-refractivity contribution >= 4 is 18.3 Å². The zero-order valence-electron chi connectivity index (χ0n) is 15.7. The van der Waals surface area contributed by atoms with Crippen LogP contribution in [0.15, 0.2) is 30.3 Å². The molecule has 3 rings (SSSR count). The van der Waals surface area contributed by atoms with Crippen molar-refractivity contribution in [3.8, 4) is 0 Å². The van der Waals surface area contributed by atoms with Gasteiger partial charge in [0, 0.05) is 43.7 Å². The number of carbonyl (C=O) groups is 1. The van der Waals surface area contributed by atoms with E-state index in [0.717, 1.165) is 45.6 Å². The normalized spacial score (nSPS) is 26.8. The van der Waals surface area contributed by atoms with E-state index in [0.29, 0.717) is 11.9 Å². The minimum Gasteiger partial charge on any atom is -0.339 e. The van der Waals surface area contributed by atoms with Crippen molar-refractivity contribution in [1.82, 2.24) is 15.1 Å². The van der Waals surface area contributed by atoms with Crippen LogP contribution < -0.4 is 5.32 Å². The van der Waals surface area contributed by atoms with Crippen LogP contribution >= 0.6 is 12.4 Å². The fourth-order valence-electron chi connectivity index (χ4n) is 4.09. The number of hydrogen-bond acceptors (Lipinski definition) is 3. The Kier molecular flexibility index (Phi) is 6.89. The quantitative estimate of drug-likeness (QED) is 0.894. The van der Waals surface area contributed by atoms with E-state index in [-0.39, 0.29) is 23.9 Å². The molecule has 140 valence electrons. The Morgan fingerprint density at radius 2 is 1.96 bits per heavy atom. The largest absolute Gasteiger partial charge is 0.339 e. The van der Waals surface area contributed by atoms with Gasteiger partial charge in [-0.1, -0.05) is 30.3 Å². The van der Waals surface area contributed by atoms with E-state index in [1.807, 2.05) is 0 Å². The highest BCUT2D eigenvalue weighted by atomic mass is 35.5. The van der Waals surface area contributed by atoms with E-state index in [2.05, 4.69) is 66.2 Å². The average molecular weight is 366 g/mol. The highest BCUT2D eigenvalue weighted by molar-refractivity contribution is 5.85. The first-order chi connectivity index (χ1) is 11.5. The molecule has 0 aromatic heterocycles. The number of halogens is 1. The van der Waals surface area contributed by atoms with Crippen molar-refractivity contribution in [2.75, 3.05) is 26.2 Å². The number of rotatable bonds is 3. The predicted molar refractivity (Wildman–Crippen MR) is 105 cm³/mol. The molecule has 2 aliphatic rings. The van der Waals surface area contributed by atoms with Crippen molar-refractivity contribution in [2.45, 2.75) is 51.7 Å². The number of hydrogen-bond donors (Lipinski definition) is 1. The van der Waals surface area contributed by atoms with Crippen molar-refractivity contribution in [3.05, 3.63) is 35.9 Å². The molecule has 5 heteroatoms. The van der Waals surface area contributed by atoms with E-state index < -0.39 is 0 Å². The van der Waals surface area contributed by atoms with Crippen LogP contribution in [-0.4, -0.2) is 53.5 Å². The smallest absolute Gasteiger partial charge is 0.225 e. The Morgan fingerprint density at radius 3 is 2.60 bits per heavy atom. The molecule has 0 saturated carbocycles. The molecule has 1 N–H and O–H groups in total. The third-order valence-electron chi connectivity index (χ3n) is 5.57. The molecule has 4 nitrogen and oxygen atoms in total. The van der Waals surface area contributed by atoms with Gasteiger partial charge in [0.25, 0.3) is 0 Å². The summed E-state index contributed by atoms with van der Waals surface area (Å²) in [6.45, 7) is 11.3. The minimum atomic E-state index is 0. The lowest BCUT2D eigenvalue weighted by molar-refractivity contribution is -0.142. The zero-order valence-corrected chi connectivity index (χ0v) is 16.5. The maximum Gasteiger partial charge on any atom is 0.225 e. The fraction of sp³-hybridized carbons (Fsp3) is 0.650. The van der Waals surface area contributed by atoms with Crippen LogP contribution in [0.5, 0.6) is 0 Å². The van der Waals surface area contributed by atoms with Gasteiger partial charge in [-0.3, -0.25) is 9.69 Å². The van der Waals surface area contributed by atoms with Crippen LogP contribution in [0, 0.1) is 5.92 Å². The number of nitrogens with zero attached hydrogens (tertiary/aromatic N) is 2. The molecule has 2 fully saturated rings. The van der Waals surface area contributed by atoms with E-state index in [9.17, 15) is 4.79 Å². The number of carbonyl (C=O) groups excluding carboxylic acids is 1. The molecule has 1 amide bonds. The molecule has 2 saturated heterocycles. The van der Waals surface area contributed by atoms with Crippen molar-refractivity contribution in [1.29, 1.82) is 0 Å². The van der Waals surface area contributed by atoms with Crippen LogP contribution in [0.1, 0.15) is 39.2 Å². The van der Waals surface area contributed by atoms with Crippen molar-refractivity contribution in [3.63, 3.8) is 0 Å². The molecule has 2 aliphatic heterocycles. The van der Waals surface area contributed by atoms with Crippen LogP contribution in [-0.2, 0) is 11.3 Å². The summed E-state index contributed by atoms with van der Waals surface area (Å²) in [6, 6.07) is 11.1. The van der Waals surface area contributed by atoms with Crippen LogP contribution in [0.3, 0.4) is 0 Å². The van der Waals surface area contributed by atoms with Gasteiger partial charge in [-0.05, 0) is 45.7 Å². The fourth-order valence-corrected chi connectivity index (χ4v) is 4.09. The summed E-state index contributed by atoms with van der Waals surface area (Å²) in [4.78, 5) is 17.6. The molecule has 0 spiro atoms. The van der Waals surface area contributed by atoms with Crippen LogP contribution in [0.25, 0.3) is 0 Å². The molecular formula is C20H32ClN3O.